The summed E-state index contributed by atoms with van der Waals surface area (Å²) < 4.78 is 1.77. The number of nitrogens with zero attached hydrogens (tertiary/aromatic N) is 3. The van der Waals surface area contributed by atoms with Crippen molar-refractivity contribution in [3.63, 3.8) is 0 Å². The van der Waals surface area contributed by atoms with Gasteiger partial charge in [-0.2, -0.15) is 10.2 Å². The Labute approximate surface area is 109 Å². The second-order valence-electron chi connectivity index (χ2n) is 4.23. The van der Waals surface area contributed by atoms with Crippen LogP contribution in [0.25, 0.3) is 10.9 Å². The van der Waals surface area contributed by atoms with Gasteiger partial charge in [-0.3, -0.25) is 0 Å². The molecule has 0 aliphatic carbocycles. The predicted molar refractivity (Wildman–Crippen MR) is 70.0 cm³/mol. The lowest BCUT2D eigenvalue weighted by atomic mass is 10.2. The van der Waals surface area contributed by atoms with Crippen LogP contribution in [-0.2, 0) is 6.54 Å². The minimum absolute atomic E-state index is 0.276. The molecule has 0 aliphatic heterocycles. The van der Waals surface area contributed by atoms with Crippen molar-refractivity contribution in [2.75, 3.05) is 0 Å². The molecule has 5 nitrogen and oxygen atoms in total. The van der Waals surface area contributed by atoms with Crippen molar-refractivity contribution < 1.29 is 9.90 Å². The first-order valence-electron chi connectivity index (χ1n) is 5.83. The minimum Gasteiger partial charge on any atom is -0.477 e. The van der Waals surface area contributed by atoms with E-state index < -0.39 is 5.97 Å². The normalized spacial score (nSPS) is 10.7. The summed E-state index contributed by atoms with van der Waals surface area (Å²) in [5.74, 6) is -0.932. The first-order chi connectivity index (χ1) is 9.25. The van der Waals surface area contributed by atoms with E-state index in [9.17, 15) is 9.90 Å². The van der Waals surface area contributed by atoms with E-state index in [0.29, 0.717) is 6.54 Å². The third-order valence-corrected chi connectivity index (χ3v) is 3.02. The van der Waals surface area contributed by atoms with E-state index in [2.05, 4.69) is 10.2 Å². The number of carbonyl (C=O) groups is 1. The highest BCUT2D eigenvalue weighted by atomic mass is 16.4. The van der Waals surface area contributed by atoms with Gasteiger partial charge >= 0.3 is 5.97 Å². The molecule has 0 aliphatic rings. The Morgan fingerprint density at radius 3 is 2.79 bits per heavy atom. The number of rotatable bonds is 3. The Balaban J connectivity index is 2.15. The fourth-order valence-electron chi connectivity index (χ4n) is 2.15. The molecule has 1 aromatic carbocycles. The van der Waals surface area contributed by atoms with E-state index in [-0.39, 0.29) is 5.69 Å². The Morgan fingerprint density at radius 2 is 2.05 bits per heavy atom. The van der Waals surface area contributed by atoms with Gasteiger partial charge in [0, 0.05) is 17.1 Å². The largest absolute Gasteiger partial charge is 0.477 e. The standard InChI is InChI=1S/C14H11N3O2/c18-14(19)13-7-11-3-1-2-4-12(11)17(13)9-10-5-6-15-16-8-10/h1-8H,9H2,(H,18,19). The molecule has 0 radical (unpaired) electrons. The number of aromatic nitrogens is 3. The van der Waals surface area contributed by atoms with Crippen molar-refractivity contribution in [3.8, 4) is 0 Å². The molecule has 3 aromatic rings. The van der Waals surface area contributed by atoms with Crippen LogP contribution in [0.5, 0.6) is 0 Å². The molecule has 0 saturated heterocycles. The summed E-state index contributed by atoms with van der Waals surface area (Å²) in [6.07, 6.45) is 3.24. The molecule has 2 heterocycles. The summed E-state index contributed by atoms with van der Waals surface area (Å²) in [4.78, 5) is 11.3. The van der Waals surface area contributed by atoms with E-state index in [1.165, 1.54) is 0 Å². The van der Waals surface area contributed by atoms with Crippen LogP contribution in [0.1, 0.15) is 16.1 Å². The molecule has 0 fully saturated rings. The van der Waals surface area contributed by atoms with Crippen molar-refractivity contribution in [1.29, 1.82) is 0 Å². The van der Waals surface area contributed by atoms with Crippen LogP contribution in [0.4, 0.5) is 0 Å². The van der Waals surface area contributed by atoms with Gasteiger partial charge in [0.2, 0.25) is 0 Å². The van der Waals surface area contributed by atoms with Crippen molar-refractivity contribution in [1.82, 2.24) is 14.8 Å². The Morgan fingerprint density at radius 1 is 1.21 bits per heavy atom. The summed E-state index contributed by atoms with van der Waals surface area (Å²) in [6.45, 7) is 0.463. The molecular formula is C14H11N3O2. The maximum absolute atomic E-state index is 11.3. The number of carboxylic acid groups (broad SMARTS) is 1. The smallest absolute Gasteiger partial charge is 0.352 e. The van der Waals surface area contributed by atoms with Gasteiger partial charge in [-0.05, 0) is 23.8 Å². The van der Waals surface area contributed by atoms with Crippen molar-refractivity contribution in [2.45, 2.75) is 6.54 Å². The highest BCUT2D eigenvalue weighted by Gasteiger charge is 2.14. The summed E-state index contributed by atoms with van der Waals surface area (Å²) in [6, 6.07) is 11.1. The van der Waals surface area contributed by atoms with Crippen LogP contribution >= 0.6 is 0 Å². The molecular weight excluding hydrogens is 242 g/mol. The van der Waals surface area contributed by atoms with Gasteiger partial charge in [0.15, 0.2) is 0 Å². The quantitative estimate of drug-likeness (QED) is 0.776. The second-order valence-corrected chi connectivity index (χ2v) is 4.23. The summed E-state index contributed by atoms with van der Waals surface area (Å²) in [5.41, 5.74) is 2.09. The Hall–Kier alpha value is -2.69. The maximum Gasteiger partial charge on any atom is 0.352 e. The highest BCUT2D eigenvalue weighted by Crippen LogP contribution is 2.21. The fourth-order valence-corrected chi connectivity index (χ4v) is 2.15. The predicted octanol–water partition coefficient (Wildman–Crippen LogP) is 2.18. The number of fused-ring (bicyclic) bond motifs is 1. The van der Waals surface area contributed by atoms with Gasteiger partial charge in [-0.25, -0.2) is 4.79 Å². The lowest BCUT2D eigenvalue weighted by molar-refractivity contribution is 0.0686. The molecule has 1 N–H and O–H groups in total. The lowest BCUT2D eigenvalue weighted by Crippen LogP contribution is -2.09. The third kappa shape index (κ3) is 2.06. The molecule has 0 atom stereocenters. The van der Waals surface area contributed by atoms with Crippen LogP contribution < -0.4 is 0 Å². The van der Waals surface area contributed by atoms with E-state index in [4.69, 9.17) is 0 Å². The van der Waals surface area contributed by atoms with E-state index in [1.54, 1.807) is 23.0 Å². The van der Waals surface area contributed by atoms with Crippen LogP contribution in [0.3, 0.4) is 0 Å². The molecule has 0 saturated carbocycles. The second kappa shape index (κ2) is 4.53. The first-order valence-corrected chi connectivity index (χ1v) is 5.83. The molecule has 0 unspecified atom stereocenters. The topological polar surface area (TPSA) is 68.0 Å². The zero-order valence-corrected chi connectivity index (χ0v) is 10.0. The van der Waals surface area contributed by atoms with Gasteiger partial charge in [0.05, 0.1) is 12.7 Å². The van der Waals surface area contributed by atoms with Gasteiger partial charge in [-0.15, -0.1) is 0 Å². The molecule has 5 heteroatoms. The molecule has 2 aromatic heterocycles. The fraction of sp³-hybridized carbons (Fsp3) is 0.0714. The van der Waals surface area contributed by atoms with Gasteiger partial charge in [-0.1, -0.05) is 18.2 Å². The molecule has 3 rings (SSSR count). The average Bonchev–Trinajstić information content (AvgIpc) is 2.79. The monoisotopic (exact) mass is 253 g/mol. The summed E-state index contributed by atoms with van der Waals surface area (Å²) in [5, 5.41) is 17.7. The molecule has 0 spiro atoms. The van der Waals surface area contributed by atoms with Crippen molar-refractivity contribution in [2.24, 2.45) is 0 Å². The first kappa shape index (κ1) is 11.4. The molecule has 19 heavy (non-hydrogen) atoms. The van der Waals surface area contributed by atoms with Crippen LogP contribution in [0.2, 0.25) is 0 Å². The number of benzene rings is 1. The molecule has 94 valence electrons. The Bertz CT molecular complexity index is 735. The third-order valence-electron chi connectivity index (χ3n) is 3.02. The van der Waals surface area contributed by atoms with E-state index in [1.807, 2.05) is 30.3 Å². The molecule has 0 amide bonds. The zero-order chi connectivity index (χ0) is 13.2. The van der Waals surface area contributed by atoms with Gasteiger partial charge < -0.3 is 9.67 Å². The van der Waals surface area contributed by atoms with Gasteiger partial charge in [0.1, 0.15) is 5.69 Å². The van der Waals surface area contributed by atoms with Crippen LogP contribution in [-0.4, -0.2) is 25.8 Å². The minimum atomic E-state index is -0.932. The maximum atomic E-state index is 11.3. The van der Waals surface area contributed by atoms with Gasteiger partial charge in [0.25, 0.3) is 0 Å². The summed E-state index contributed by atoms with van der Waals surface area (Å²) >= 11 is 0. The number of aromatic carboxylic acids is 1. The van der Waals surface area contributed by atoms with Crippen molar-refractivity contribution in [3.05, 3.63) is 60.0 Å². The van der Waals surface area contributed by atoms with Crippen LogP contribution in [0.15, 0.2) is 48.8 Å². The number of hydrogen-bond donors (Lipinski definition) is 1. The molecule has 0 bridgehead atoms. The van der Waals surface area contributed by atoms with E-state index >= 15 is 0 Å². The SMILES string of the molecule is O=C(O)c1cc2ccccc2n1Cc1ccnnc1. The number of carboxylic acids is 1. The average molecular weight is 253 g/mol. The Kier molecular flexibility index (Phi) is 2.72. The van der Waals surface area contributed by atoms with Crippen molar-refractivity contribution >= 4 is 16.9 Å². The number of hydrogen-bond acceptors (Lipinski definition) is 3. The lowest BCUT2D eigenvalue weighted by Gasteiger charge is -2.07. The zero-order valence-electron chi connectivity index (χ0n) is 10.0. The summed E-state index contributed by atoms with van der Waals surface area (Å²) in [7, 11) is 0. The number of para-hydroxylation sites is 1. The highest BCUT2D eigenvalue weighted by molar-refractivity contribution is 5.94. The van der Waals surface area contributed by atoms with E-state index in [0.717, 1.165) is 16.5 Å². The van der Waals surface area contributed by atoms with Crippen LogP contribution in [0, 0.1) is 0 Å².